The zero-order chi connectivity index (χ0) is 8.69. The summed E-state index contributed by atoms with van der Waals surface area (Å²) in [6.07, 6.45) is -0.343. The average Bonchev–Trinajstić information content (AvgIpc) is 2.01. The Kier molecular flexibility index (Phi) is 6.21. The summed E-state index contributed by atoms with van der Waals surface area (Å²) in [5, 5.41) is 0. The van der Waals surface area contributed by atoms with Crippen LogP contribution in [-0.4, -0.2) is 24.6 Å². The quantitative estimate of drug-likeness (QED) is 0.380. The highest BCUT2D eigenvalue weighted by Gasteiger charge is 2.12. The summed E-state index contributed by atoms with van der Waals surface area (Å²) >= 11 is 5.40. The third-order valence-corrected chi connectivity index (χ3v) is 1.41. The van der Waals surface area contributed by atoms with Gasteiger partial charge >= 0.3 is 5.97 Å². The van der Waals surface area contributed by atoms with Gasteiger partial charge in [-0.2, -0.15) is 0 Å². The summed E-state index contributed by atoms with van der Waals surface area (Å²) in [6.45, 7) is 2.09. The number of carbonyl (C=O) groups excluding carboxylic acids is 1. The zero-order valence-corrected chi connectivity index (χ0v) is 7.13. The molecule has 0 rings (SSSR count). The second-order valence-electron chi connectivity index (χ2n) is 1.92. The number of hydrogen-bond donors (Lipinski definition) is 1. The molecule has 0 aliphatic heterocycles. The molecule has 0 aromatic rings. The predicted molar refractivity (Wildman–Crippen MR) is 41.0 cm³/mol. The van der Waals surface area contributed by atoms with Crippen molar-refractivity contribution in [2.75, 3.05) is 12.5 Å². The van der Waals surface area contributed by atoms with Crippen molar-refractivity contribution < 1.29 is 14.4 Å². The first-order valence-electron chi connectivity index (χ1n) is 3.31. The van der Waals surface area contributed by atoms with Crippen LogP contribution in [0.2, 0.25) is 0 Å². The molecule has 0 radical (unpaired) electrons. The standard InChI is InChI=1S/C6H12ClNO3/c1-2-10-6(9)3-5(4-7)11-8/h5H,2-4,8H2,1H3. The van der Waals surface area contributed by atoms with Crippen LogP contribution in [0.5, 0.6) is 0 Å². The Morgan fingerprint density at radius 1 is 1.73 bits per heavy atom. The molecule has 0 saturated carbocycles. The van der Waals surface area contributed by atoms with Crippen LogP contribution in [0.25, 0.3) is 0 Å². The minimum Gasteiger partial charge on any atom is -0.466 e. The first-order valence-corrected chi connectivity index (χ1v) is 3.85. The van der Waals surface area contributed by atoms with Crippen molar-refractivity contribution in [2.24, 2.45) is 5.90 Å². The summed E-state index contributed by atoms with van der Waals surface area (Å²) in [5.41, 5.74) is 0. The van der Waals surface area contributed by atoms with E-state index in [9.17, 15) is 4.79 Å². The third kappa shape index (κ3) is 5.01. The van der Waals surface area contributed by atoms with Crippen molar-refractivity contribution in [1.29, 1.82) is 0 Å². The first kappa shape index (κ1) is 10.7. The minimum atomic E-state index is -0.448. The Hall–Kier alpha value is -0.320. The third-order valence-electron chi connectivity index (χ3n) is 1.06. The lowest BCUT2D eigenvalue weighted by molar-refractivity contribution is -0.146. The van der Waals surface area contributed by atoms with E-state index < -0.39 is 6.10 Å². The maximum absolute atomic E-state index is 10.8. The van der Waals surface area contributed by atoms with Crippen molar-refractivity contribution in [2.45, 2.75) is 19.4 Å². The van der Waals surface area contributed by atoms with Gasteiger partial charge in [-0.15, -0.1) is 11.6 Å². The van der Waals surface area contributed by atoms with Gasteiger partial charge in [0.25, 0.3) is 0 Å². The van der Waals surface area contributed by atoms with Gasteiger partial charge in [-0.05, 0) is 6.92 Å². The van der Waals surface area contributed by atoms with Crippen molar-refractivity contribution >= 4 is 17.6 Å². The van der Waals surface area contributed by atoms with Crippen LogP contribution in [0.1, 0.15) is 13.3 Å². The SMILES string of the molecule is CCOC(=O)CC(CCl)ON. The second kappa shape index (κ2) is 6.39. The van der Waals surface area contributed by atoms with Crippen LogP contribution in [0.3, 0.4) is 0 Å². The molecular weight excluding hydrogens is 170 g/mol. The summed E-state index contributed by atoms with van der Waals surface area (Å²) < 4.78 is 4.64. The van der Waals surface area contributed by atoms with Crippen LogP contribution in [0, 0.1) is 0 Å². The monoisotopic (exact) mass is 181 g/mol. The molecule has 0 bridgehead atoms. The average molecular weight is 182 g/mol. The highest BCUT2D eigenvalue weighted by atomic mass is 35.5. The Bertz CT molecular complexity index is 116. The van der Waals surface area contributed by atoms with E-state index in [1.54, 1.807) is 6.92 Å². The van der Waals surface area contributed by atoms with Crippen LogP contribution >= 0.6 is 11.6 Å². The molecule has 5 heteroatoms. The maximum Gasteiger partial charge on any atom is 0.308 e. The van der Waals surface area contributed by atoms with Crippen LogP contribution in [0.4, 0.5) is 0 Å². The molecule has 11 heavy (non-hydrogen) atoms. The predicted octanol–water partition coefficient (Wildman–Crippen LogP) is 0.437. The minimum absolute atomic E-state index is 0.105. The van der Waals surface area contributed by atoms with E-state index in [-0.39, 0.29) is 18.3 Å². The van der Waals surface area contributed by atoms with E-state index in [1.807, 2.05) is 0 Å². The fourth-order valence-electron chi connectivity index (χ4n) is 0.545. The van der Waals surface area contributed by atoms with E-state index in [0.29, 0.717) is 6.61 Å². The van der Waals surface area contributed by atoms with Crippen molar-refractivity contribution in [3.05, 3.63) is 0 Å². The van der Waals surface area contributed by atoms with Crippen molar-refractivity contribution in [1.82, 2.24) is 0 Å². The second-order valence-corrected chi connectivity index (χ2v) is 2.23. The fourth-order valence-corrected chi connectivity index (χ4v) is 0.727. The molecular formula is C6H12ClNO3. The molecule has 2 N–H and O–H groups in total. The summed E-state index contributed by atoms with van der Waals surface area (Å²) in [5.74, 6) is 4.68. The lowest BCUT2D eigenvalue weighted by atomic mass is 10.3. The molecule has 0 aliphatic carbocycles. The number of ether oxygens (including phenoxy) is 1. The molecule has 0 spiro atoms. The van der Waals surface area contributed by atoms with Crippen LogP contribution in [-0.2, 0) is 14.4 Å². The van der Waals surface area contributed by atoms with Gasteiger partial charge in [0.2, 0.25) is 0 Å². The largest absolute Gasteiger partial charge is 0.466 e. The molecule has 0 aromatic heterocycles. The Morgan fingerprint density at radius 3 is 2.73 bits per heavy atom. The van der Waals surface area contributed by atoms with Gasteiger partial charge in [0, 0.05) is 0 Å². The van der Waals surface area contributed by atoms with E-state index in [0.717, 1.165) is 0 Å². The molecule has 0 fully saturated rings. The van der Waals surface area contributed by atoms with Gasteiger partial charge in [-0.25, -0.2) is 5.90 Å². The van der Waals surface area contributed by atoms with E-state index in [1.165, 1.54) is 0 Å². The van der Waals surface area contributed by atoms with Crippen LogP contribution < -0.4 is 5.90 Å². The topological polar surface area (TPSA) is 61.5 Å². The van der Waals surface area contributed by atoms with E-state index in [4.69, 9.17) is 17.5 Å². The van der Waals surface area contributed by atoms with E-state index in [2.05, 4.69) is 9.57 Å². The molecule has 0 saturated heterocycles. The van der Waals surface area contributed by atoms with Gasteiger partial charge in [0.15, 0.2) is 0 Å². The smallest absolute Gasteiger partial charge is 0.308 e. The Morgan fingerprint density at radius 2 is 2.36 bits per heavy atom. The fraction of sp³-hybridized carbons (Fsp3) is 0.833. The van der Waals surface area contributed by atoms with Crippen LogP contribution in [0.15, 0.2) is 0 Å². The molecule has 0 heterocycles. The highest BCUT2D eigenvalue weighted by Crippen LogP contribution is 1.99. The van der Waals surface area contributed by atoms with Gasteiger partial charge in [-0.3, -0.25) is 9.63 Å². The van der Waals surface area contributed by atoms with Crippen molar-refractivity contribution in [3.8, 4) is 0 Å². The number of alkyl halides is 1. The summed E-state index contributed by atoms with van der Waals surface area (Å²) in [4.78, 5) is 15.1. The van der Waals surface area contributed by atoms with E-state index >= 15 is 0 Å². The molecule has 66 valence electrons. The summed E-state index contributed by atoms with van der Waals surface area (Å²) in [6, 6.07) is 0. The Balaban J connectivity index is 3.54. The molecule has 1 atom stereocenters. The maximum atomic E-state index is 10.8. The number of hydrogen-bond acceptors (Lipinski definition) is 4. The van der Waals surface area contributed by atoms with Gasteiger partial charge in [0.05, 0.1) is 18.9 Å². The lowest BCUT2D eigenvalue weighted by Crippen LogP contribution is -2.23. The molecule has 4 nitrogen and oxygen atoms in total. The van der Waals surface area contributed by atoms with Gasteiger partial charge in [-0.1, -0.05) is 0 Å². The highest BCUT2D eigenvalue weighted by molar-refractivity contribution is 6.18. The number of carbonyl (C=O) groups is 1. The normalized spacial score (nSPS) is 12.6. The van der Waals surface area contributed by atoms with Gasteiger partial charge in [0.1, 0.15) is 6.10 Å². The number of rotatable bonds is 5. The molecule has 0 amide bonds. The Labute approximate surface area is 70.5 Å². The van der Waals surface area contributed by atoms with Crippen molar-refractivity contribution in [3.63, 3.8) is 0 Å². The molecule has 0 aliphatic rings. The molecule has 0 aromatic carbocycles. The zero-order valence-electron chi connectivity index (χ0n) is 6.38. The van der Waals surface area contributed by atoms with Gasteiger partial charge < -0.3 is 4.74 Å². The number of nitrogens with two attached hydrogens (primary N) is 1. The first-order chi connectivity index (χ1) is 5.24. The molecule has 1 unspecified atom stereocenters. The number of halogens is 1. The summed E-state index contributed by atoms with van der Waals surface area (Å²) in [7, 11) is 0. The lowest BCUT2D eigenvalue weighted by Gasteiger charge is -2.08. The number of esters is 1.